The van der Waals surface area contributed by atoms with E-state index in [-0.39, 0.29) is 5.91 Å². The van der Waals surface area contributed by atoms with E-state index in [0.717, 1.165) is 31.1 Å². The average Bonchev–Trinajstić information content (AvgIpc) is 2.59. The van der Waals surface area contributed by atoms with Crippen molar-refractivity contribution in [3.63, 3.8) is 0 Å². The van der Waals surface area contributed by atoms with Gasteiger partial charge in [0.25, 0.3) is 0 Å². The summed E-state index contributed by atoms with van der Waals surface area (Å²) in [7, 11) is 0. The number of amides is 1. The van der Waals surface area contributed by atoms with E-state index >= 15 is 0 Å². The van der Waals surface area contributed by atoms with Crippen LogP contribution >= 0.6 is 22.9 Å². The minimum absolute atomic E-state index is 0.136. The number of carbonyl (C=O) groups is 1. The molecule has 2 heterocycles. The van der Waals surface area contributed by atoms with Crippen LogP contribution in [-0.4, -0.2) is 25.5 Å². The van der Waals surface area contributed by atoms with Crippen molar-refractivity contribution in [2.24, 2.45) is 5.92 Å². The van der Waals surface area contributed by atoms with Gasteiger partial charge in [-0.2, -0.15) is 0 Å². The zero-order chi connectivity index (χ0) is 11.4. The third-order valence-electron chi connectivity index (χ3n) is 2.67. The van der Waals surface area contributed by atoms with Crippen LogP contribution in [0.15, 0.2) is 11.4 Å². The highest BCUT2D eigenvalue weighted by Gasteiger charge is 2.16. The zero-order valence-corrected chi connectivity index (χ0v) is 10.5. The maximum Gasteiger partial charge on any atom is 0.220 e. The topological polar surface area (TPSA) is 41.1 Å². The van der Waals surface area contributed by atoms with Gasteiger partial charge >= 0.3 is 0 Å². The molecule has 1 amide bonds. The molecule has 1 aliphatic rings. The lowest BCUT2D eigenvalue weighted by Gasteiger charge is -2.27. The minimum Gasteiger partial charge on any atom is -0.356 e. The zero-order valence-electron chi connectivity index (χ0n) is 8.96. The van der Waals surface area contributed by atoms with Crippen LogP contribution < -0.4 is 10.6 Å². The molecule has 88 valence electrons. The van der Waals surface area contributed by atoms with Gasteiger partial charge < -0.3 is 10.6 Å². The van der Waals surface area contributed by atoms with Crippen LogP contribution in [0.3, 0.4) is 0 Å². The molecule has 2 rings (SSSR count). The Morgan fingerprint density at radius 3 is 3.00 bits per heavy atom. The first-order chi connectivity index (χ1) is 7.74. The Morgan fingerprint density at radius 1 is 1.62 bits per heavy atom. The summed E-state index contributed by atoms with van der Waals surface area (Å²) in [6, 6.07) is 1.93. The smallest absolute Gasteiger partial charge is 0.220 e. The number of rotatable bonds is 5. The van der Waals surface area contributed by atoms with Crippen LogP contribution in [0.5, 0.6) is 0 Å². The van der Waals surface area contributed by atoms with Gasteiger partial charge in [0.1, 0.15) is 0 Å². The summed E-state index contributed by atoms with van der Waals surface area (Å²) in [6.45, 7) is 2.86. The predicted molar refractivity (Wildman–Crippen MR) is 67.0 cm³/mol. The van der Waals surface area contributed by atoms with Gasteiger partial charge in [0.2, 0.25) is 5.91 Å². The lowest BCUT2D eigenvalue weighted by atomic mass is 10.0. The van der Waals surface area contributed by atoms with E-state index in [4.69, 9.17) is 11.6 Å². The highest BCUT2D eigenvalue weighted by Crippen LogP contribution is 2.20. The first-order valence-electron chi connectivity index (χ1n) is 5.44. The largest absolute Gasteiger partial charge is 0.356 e. The normalized spacial score (nSPS) is 15.8. The average molecular weight is 259 g/mol. The fraction of sp³-hybridized carbons (Fsp3) is 0.545. The van der Waals surface area contributed by atoms with Crippen LogP contribution in [0.4, 0.5) is 0 Å². The first-order valence-corrected chi connectivity index (χ1v) is 6.70. The molecule has 1 saturated heterocycles. The van der Waals surface area contributed by atoms with Crippen molar-refractivity contribution in [1.29, 1.82) is 0 Å². The molecule has 0 atom stereocenters. The summed E-state index contributed by atoms with van der Waals surface area (Å²) in [4.78, 5) is 12.7. The van der Waals surface area contributed by atoms with Gasteiger partial charge in [-0.25, -0.2) is 0 Å². The molecule has 16 heavy (non-hydrogen) atoms. The van der Waals surface area contributed by atoms with Crippen molar-refractivity contribution in [1.82, 2.24) is 10.6 Å². The minimum atomic E-state index is 0.136. The van der Waals surface area contributed by atoms with E-state index < -0.39 is 0 Å². The highest BCUT2D eigenvalue weighted by atomic mass is 35.5. The monoisotopic (exact) mass is 258 g/mol. The van der Waals surface area contributed by atoms with E-state index in [1.165, 1.54) is 4.88 Å². The molecule has 0 bridgehead atoms. The third-order valence-corrected chi connectivity index (χ3v) is 4.02. The van der Waals surface area contributed by atoms with Gasteiger partial charge in [-0.15, -0.1) is 11.3 Å². The molecule has 0 spiro atoms. The predicted octanol–water partition coefficient (Wildman–Crippen LogP) is 1.67. The highest BCUT2D eigenvalue weighted by molar-refractivity contribution is 7.10. The van der Waals surface area contributed by atoms with Gasteiger partial charge in [-0.3, -0.25) is 4.79 Å². The quantitative estimate of drug-likeness (QED) is 0.844. The van der Waals surface area contributed by atoms with Gasteiger partial charge in [-0.05, 0) is 12.5 Å². The standard InChI is InChI=1S/C11H15ClN2OS/c12-9-3-10(16-7-9)1-2-11(15)14-6-8-4-13-5-8/h3,7-8,13H,1-2,4-6H2,(H,14,15). The lowest BCUT2D eigenvalue weighted by Crippen LogP contribution is -2.48. The van der Waals surface area contributed by atoms with Gasteiger partial charge in [0, 0.05) is 42.2 Å². The maximum atomic E-state index is 11.5. The van der Waals surface area contributed by atoms with Crippen molar-refractivity contribution in [3.05, 3.63) is 21.3 Å². The number of thiophene rings is 1. The second-order valence-corrected chi connectivity index (χ2v) is 5.49. The molecular formula is C11H15ClN2OS. The number of halogens is 1. The Balaban J connectivity index is 1.63. The molecule has 0 radical (unpaired) electrons. The molecule has 1 aromatic heterocycles. The molecule has 5 heteroatoms. The Bertz CT molecular complexity index is 363. The first kappa shape index (κ1) is 11.9. The van der Waals surface area contributed by atoms with Crippen LogP contribution in [0.1, 0.15) is 11.3 Å². The SMILES string of the molecule is O=C(CCc1cc(Cl)cs1)NCC1CNC1. The molecule has 0 aromatic carbocycles. The van der Waals surface area contributed by atoms with E-state index in [9.17, 15) is 4.79 Å². The number of hydrogen-bond acceptors (Lipinski definition) is 3. The van der Waals surface area contributed by atoms with E-state index in [0.29, 0.717) is 12.3 Å². The van der Waals surface area contributed by atoms with Gasteiger partial charge in [-0.1, -0.05) is 11.6 Å². The summed E-state index contributed by atoms with van der Waals surface area (Å²) in [5, 5.41) is 8.80. The maximum absolute atomic E-state index is 11.5. The number of hydrogen-bond donors (Lipinski definition) is 2. The summed E-state index contributed by atoms with van der Waals surface area (Å²) in [5.74, 6) is 0.761. The molecule has 1 aliphatic heterocycles. The lowest BCUT2D eigenvalue weighted by molar-refractivity contribution is -0.121. The summed E-state index contributed by atoms with van der Waals surface area (Å²) >= 11 is 7.42. The van der Waals surface area contributed by atoms with E-state index in [1.54, 1.807) is 11.3 Å². The summed E-state index contributed by atoms with van der Waals surface area (Å²) < 4.78 is 0. The van der Waals surface area contributed by atoms with Crippen molar-refractivity contribution in [2.75, 3.05) is 19.6 Å². The Labute approximate surface area is 104 Å². The van der Waals surface area contributed by atoms with Crippen molar-refractivity contribution < 1.29 is 4.79 Å². The van der Waals surface area contributed by atoms with E-state index in [2.05, 4.69) is 10.6 Å². The molecule has 0 aliphatic carbocycles. The van der Waals surface area contributed by atoms with Crippen LogP contribution in [0, 0.1) is 5.92 Å². The van der Waals surface area contributed by atoms with E-state index in [1.807, 2.05) is 11.4 Å². The number of carbonyl (C=O) groups excluding carboxylic acids is 1. The molecule has 1 fully saturated rings. The van der Waals surface area contributed by atoms with Gasteiger partial charge in [0.05, 0.1) is 5.02 Å². The number of aryl methyl sites for hydroxylation is 1. The second-order valence-electron chi connectivity index (χ2n) is 4.06. The fourth-order valence-corrected chi connectivity index (χ4v) is 2.64. The Hall–Kier alpha value is -0.580. The van der Waals surface area contributed by atoms with Crippen LogP contribution in [0.25, 0.3) is 0 Å². The van der Waals surface area contributed by atoms with Crippen molar-refractivity contribution in [3.8, 4) is 0 Å². The Kier molecular flexibility index (Phi) is 4.21. The number of nitrogens with one attached hydrogen (secondary N) is 2. The van der Waals surface area contributed by atoms with Gasteiger partial charge in [0.15, 0.2) is 0 Å². The molecule has 2 N–H and O–H groups in total. The molecule has 0 unspecified atom stereocenters. The van der Waals surface area contributed by atoms with Crippen molar-refractivity contribution in [2.45, 2.75) is 12.8 Å². The second kappa shape index (κ2) is 5.66. The summed E-state index contributed by atoms with van der Waals surface area (Å²) in [6.07, 6.45) is 1.34. The third kappa shape index (κ3) is 3.47. The van der Waals surface area contributed by atoms with Crippen molar-refractivity contribution >= 4 is 28.8 Å². The molecule has 3 nitrogen and oxygen atoms in total. The molecule has 0 saturated carbocycles. The fourth-order valence-electron chi connectivity index (χ4n) is 1.56. The molecular weight excluding hydrogens is 244 g/mol. The Morgan fingerprint density at radius 2 is 2.44 bits per heavy atom. The van der Waals surface area contributed by atoms with Crippen LogP contribution in [-0.2, 0) is 11.2 Å². The summed E-state index contributed by atoms with van der Waals surface area (Å²) in [5.41, 5.74) is 0. The molecule has 1 aromatic rings. The van der Waals surface area contributed by atoms with Crippen LogP contribution in [0.2, 0.25) is 5.02 Å².